The summed E-state index contributed by atoms with van der Waals surface area (Å²) >= 11 is 0. The number of hydrogen-bond donors (Lipinski definition) is 0. The zero-order chi connectivity index (χ0) is 43.0. The van der Waals surface area contributed by atoms with Crippen LogP contribution < -0.4 is 0 Å². The minimum absolute atomic E-state index is 0.0913. The van der Waals surface area contributed by atoms with Gasteiger partial charge in [-0.25, -0.2) is 0 Å². The van der Waals surface area contributed by atoms with Crippen molar-refractivity contribution < 1.29 is 28.6 Å². The topological polar surface area (TPSA) is 78.9 Å². The Labute approximate surface area is 364 Å². The van der Waals surface area contributed by atoms with Crippen molar-refractivity contribution in [1.82, 2.24) is 0 Å². The second kappa shape index (κ2) is 47.8. The minimum Gasteiger partial charge on any atom is -0.462 e. The average Bonchev–Trinajstić information content (AvgIpc) is 3.23. The second-order valence-electron chi connectivity index (χ2n) is 16.3. The molecule has 0 aromatic rings. The third-order valence-electron chi connectivity index (χ3n) is 10.5. The van der Waals surface area contributed by atoms with E-state index in [2.05, 4.69) is 81.5 Å². The Hall–Kier alpha value is -2.89. The van der Waals surface area contributed by atoms with Crippen LogP contribution in [0.4, 0.5) is 0 Å². The zero-order valence-electron chi connectivity index (χ0n) is 38.8. The molecule has 0 aromatic carbocycles. The number of carbonyl (C=O) groups excluding carboxylic acids is 3. The lowest BCUT2D eigenvalue weighted by molar-refractivity contribution is -0.167. The maximum atomic E-state index is 12.8. The molecule has 0 N–H and O–H groups in total. The van der Waals surface area contributed by atoms with Crippen LogP contribution in [0.1, 0.15) is 239 Å². The third-order valence-corrected chi connectivity index (χ3v) is 10.5. The smallest absolute Gasteiger partial charge is 0.306 e. The molecule has 0 heterocycles. The summed E-state index contributed by atoms with van der Waals surface area (Å²) in [6.07, 6.45) is 57.7. The summed E-state index contributed by atoms with van der Waals surface area (Å²) in [6.45, 7) is 6.46. The molecule has 0 radical (unpaired) electrons. The molecule has 0 saturated carbocycles. The molecule has 1 unspecified atom stereocenters. The molecule has 0 aliphatic rings. The molecule has 0 aliphatic heterocycles. The van der Waals surface area contributed by atoms with Gasteiger partial charge in [0.15, 0.2) is 6.10 Å². The Bertz CT molecular complexity index is 1090. The van der Waals surface area contributed by atoms with E-state index in [1.54, 1.807) is 0 Å². The molecule has 0 bridgehead atoms. The van der Waals surface area contributed by atoms with Gasteiger partial charge in [-0.2, -0.15) is 0 Å². The molecule has 6 nitrogen and oxygen atoms in total. The standard InChI is InChI=1S/C53H92O6/c1-4-7-10-13-16-19-22-25-28-31-34-37-40-43-46-52(55)58-49-50(48-57-51(54)45-42-39-36-33-30-27-24-21-18-15-12-9-6-3)59-53(56)47-44-41-38-35-32-29-26-23-20-17-14-11-8-5-2/h9,12,18,21-23,25-27,30,50H,4-8,10-11,13-17,19-20,24,28-29,31-49H2,1-3H3/b12-9-,21-18-,25-22-,26-23-,30-27-. The summed E-state index contributed by atoms with van der Waals surface area (Å²) in [6, 6.07) is 0. The lowest BCUT2D eigenvalue weighted by Crippen LogP contribution is -2.30. The molecule has 0 aliphatic carbocycles. The van der Waals surface area contributed by atoms with Crippen LogP contribution in [-0.2, 0) is 28.6 Å². The molecule has 0 spiro atoms. The van der Waals surface area contributed by atoms with Gasteiger partial charge in [0.25, 0.3) is 0 Å². The Morgan fingerprint density at radius 3 is 1.07 bits per heavy atom. The van der Waals surface area contributed by atoms with Crippen LogP contribution in [0.2, 0.25) is 0 Å². The number of ether oxygens (including phenoxy) is 3. The van der Waals surface area contributed by atoms with Gasteiger partial charge in [0.2, 0.25) is 0 Å². The molecule has 6 heteroatoms. The third kappa shape index (κ3) is 46.0. The first-order chi connectivity index (χ1) is 29.0. The van der Waals surface area contributed by atoms with E-state index in [4.69, 9.17) is 14.2 Å². The first-order valence-electron chi connectivity index (χ1n) is 24.8. The second-order valence-corrected chi connectivity index (χ2v) is 16.3. The SMILES string of the molecule is CC/C=C\C/C=C\C/C=C\CCCCCC(=O)OCC(COC(=O)CCCCCCC/C=C\CCCCCCC)OC(=O)CCCCCCC/C=C\CCCCCCC. The lowest BCUT2D eigenvalue weighted by Gasteiger charge is -2.18. The highest BCUT2D eigenvalue weighted by Gasteiger charge is 2.19. The highest BCUT2D eigenvalue weighted by atomic mass is 16.6. The minimum atomic E-state index is -0.792. The van der Waals surface area contributed by atoms with E-state index in [1.165, 1.54) is 96.3 Å². The zero-order valence-corrected chi connectivity index (χ0v) is 38.8. The van der Waals surface area contributed by atoms with Crippen LogP contribution in [0.15, 0.2) is 60.8 Å². The predicted molar refractivity (Wildman–Crippen MR) is 251 cm³/mol. The number of unbranched alkanes of at least 4 members (excludes halogenated alkanes) is 23. The van der Waals surface area contributed by atoms with E-state index in [0.717, 1.165) is 103 Å². The van der Waals surface area contributed by atoms with Crippen LogP contribution >= 0.6 is 0 Å². The fourth-order valence-corrected chi connectivity index (χ4v) is 6.74. The summed E-state index contributed by atoms with van der Waals surface area (Å²) in [7, 11) is 0. The quantitative estimate of drug-likeness (QED) is 0.0263. The van der Waals surface area contributed by atoms with Crippen LogP contribution in [0, 0.1) is 0 Å². The van der Waals surface area contributed by atoms with Crippen LogP contribution in [-0.4, -0.2) is 37.2 Å². The van der Waals surface area contributed by atoms with E-state index < -0.39 is 6.10 Å². The fourth-order valence-electron chi connectivity index (χ4n) is 6.74. The van der Waals surface area contributed by atoms with Gasteiger partial charge in [0.05, 0.1) is 0 Å². The van der Waals surface area contributed by atoms with E-state index in [1.807, 2.05) is 0 Å². The van der Waals surface area contributed by atoms with Gasteiger partial charge in [0, 0.05) is 19.3 Å². The van der Waals surface area contributed by atoms with Crippen LogP contribution in [0.25, 0.3) is 0 Å². The largest absolute Gasteiger partial charge is 0.462 e. The molecule has 340 valence electrons. The normalized spacial score (nSPS) is 12.5. The summed E-state index contributed by atoms with van der Waals surface area (Å²) in [5, 5.41) is 0. The molecular formula is C53H92O6. The molecule has 0 rings (SSSR count). The molecule has 0 saturated heterocycles. The molecule has 0 fully saturated rings. The van der Waals surface area contributed by atoms with E-state index in [9.17, 15) is 14.4 Å². The maximum absolute atomic E-state index is 12.8. The van der Waals surface area contributed by atoms with Crippen molar-refractivity contribution in [1.29, 1.82) is 0 Å². The van der Waals surface area contributed by atoms with Crippen molar-refractivity contribution in [3.63, 3.8) is 0 Å². The maximum Gasteiger partial charge on any atom is 0.306 e. The van der Waals surface area contributed by atoms with E-state index in [-0.39, 0.29) is 31.1 Å². The Balaban J connectivity index is 4.45. The van der Waals surface area contributed by atoms with Crippen LogP contribution in [0.3, 0.4) is 0 Å². The highest BCUT2D eigenvalue weighted by molar-refractivity contribution is 5.71. The van der Waals surface area contributed by atoms with Gasteiger partial charge >= 0.3 is 17.9 Å². The first kappa shape index (κ1) is 56.1. The van der Waals surface area contributed by atoms with E-state index >= 15 is 0 Å². The van der Waals surface area contributed by atoms with Crippen molar-refractivity contribution >= 4 is 17.9 Å². The molecular weight excluding hydrogens is 733 g/mol. The Morgan fingerprint density at radius 1 is 0.356 bits per heavy atom. The summed E-state index contributed by atoms with van der Waals surface area (Å²) < 4.78 is 16.7. The van der Waals surface area contributed by atoms with Gasteiger partial charge in [0.1, 0.15) is 13.2 Å². The van der Waals surface area contributed by atoms with Gasteiger partial charge in [-0.1, -0.05) is 178 Å². The summed E-state index contributed by atoms with van der Waals surface area (Å²) in [5.74, 6) is -0.937. The van der Waals surface area contributed by atoms with Gasteiger partial charge < -0.3 is 14.2 Å². The van der Waals surface area contributed by atoms with Gasteiger partial charge in [-0.3, -0.25) is 14.4 Å². The Kier molecular flexibility index (Phi) is 45.4. The first-order valence-corrected chi connectivity index (χ1v) is 24.8. The molecule has 0 amide bonds. The van der Waals surface area contributed by atoms with Crippen LogP contribution in [0.5, 0.6) is 0 Å². The molecule has 0 aromatic heterocycles. The van der Waals surface area contributed by atoms with Crippen molar-refractivity contribution in [2.45, 2.75) is 245 Å². The van der Waals surface area contributed by atoms with Crippen molar-refractivity contribution in [2.24, 2.45) is 0 Å². The average molecular weight is 825 g/mol. The van der Waals surface area contributed by atoms with Crippen molar-refractivity contribution in [2.75, 3.05) is 13.2 Å². The number of allylic oxidation sites excluding steroid dienone is 10. The van der Waals surface area contributed by atoms with Crippen molar-refractivity contribution in [3.05, 3.63) is 60.8 Å². The lowest BCUT2D eigenvalue weighted by atomic mass is 10.1. The van der Waals surface area contributed by atoms with E-state index in [0.29, 0.717) is 19.3 Å². The monoisotopic (exact) mass is 825 g/mol. The van der Waals surface area contributed by atoms with Gasteiger partial charge in [-0.05, 0) is 103 Å². The summed E-state index contributed by atoms with van der Waals surface area (Å²) in [4.78, 5) is 37.9. The predicted octanol–water partition coefficient (Wildman–Crippen LogP) is 16.1. The number of esters is 3. The highest BCUT2D eigenvalue weighted by Crippen LogP contribution is 2.13. The molecule has 1 atom stereocenters. The molecule has 59 heavy (non-hydrogen) atoms. The summed E-state index contributed by atoms with van der Waals surface area (Å²) in [5.41, 5.74) is 0. The number of rotatable bonds is 44. The number of carbonyl (C=O) groups is 3. The van der Waals surface area contributed by atoms with Gasteiger partial charge in [-0.15, -0.1) is 0 Å². The number of hydrogen-bond acceptors (Lipinski definition) is 6. The Morgan fingerprint density at radius 2 is 0.661 bits per heavy atom. The fraction of sp³-hybridized carbons (Fsp3) is 0.755. The van der Waals surface area contributed by atoms with Crippen molar-refractivity contribution in [3.8, 4) is 0 Å².